The Balaban J connectivity index is 1.62. The number of benzene rings is 1. The van der Waals surface area contributed by atoms with E-state index >= 15 is 0 Å². The van der Waals surface area contributed by atoms with Crippen LogP contribution in [0.15, 0.2) is 35.7 Å². The smallest absolute Gasteiger partial charge is 0.330 e. The number of amides is 2. The fourth-order valence-electron chi connectivity index (χ4n) is 3.99. The number of carbonyl (C=O) groups is 3. The molecule has 12 heteroatoms. The van der Waals surface area contributed by atoms with Gasteiger partial charge in [-0.1, -0.05) is 18.2 Å². The van der Waals surface area contributed by atoms with Gasteiger partial charge in [-0.05, 0) is 56.7 Å². The summed E-state index contributed by atoms with van der Waals surface area (Å²) in [5.41, 5.74) is 9.37. The Morgan fingerprint density at radius 1 is 1.13 bits per heavy atom. The van der Waals surface area contributed by atoms with Gasteiger partial charge in [0, 0.05) is 30.6 Å². The van der Waals surface area contributed by atoms with E-state index in [1.807, 2.05) is 12.1 Å². The monoisotopic (exact) mass is 551 g/mol. The van der Waals surface area contributed by atoms with Crippen molar-refractivity contribution in [3.05, 3.63) is 68.7 Å². The van der Waals surface area contributed by atoms with Crippen molar-refractivity contribution in [3.8, 4) is 0 Å². The summed E-state index contributed by atoms with van der Waals surface area (Å²) in [7, 11) is 0. The molecule has 1 atom stereocenters. The molecule has 206 valence electrons. The van der Waals surface area contributed by atoms with Crippen LogP contribution < -0.4 is 21.7 Å². The van der Waals surface area contributed by atoms with Crippen molar-refractivity contribution in [2.24, 2.45) is 0 Å². The number of hydrogen-bond donors (Lipinski definition) is 5. The summed E-state index contributed by atoms with van der Waals surface area (Å²) in [6.45, 7) is 5.62. The van der Waals surface area contributed by atoms with E-state index in [-0.39, 0.29) is 24.6 Å². The lowest BCUT2D eigenvalue weighted by atomic mass is 10.0. The number of nitrogens with zero attached hydrogens (tertiary/aromatic N) is 2. The molecule has 0 unspecified atom stereocenters. The molecule has 1 aromatic carbocycles. The Hall–Kier alpha value is -4.32. The fraction of sp³-hybridized carbons (Fsp3) is 0.333. The first-order chi connectivity index (χ1) is 18.7. The molecule has 0 aliphatic heterocycles. The van der Waals surface area contributed by atoms with Crippen molar-refractivity contribution in [2.45, 2.75) is 39.7 Å². The average molecular weight is 552 g/mol. The number of carbonyl (C=O) groups excluding carboxylic acids is 3. The van der Waals surface area contributed by atoms with Crippen LogP contribution >= 0.6 is 11.3 Å². The minimum atomic E-state index is -1.09. The van der Waals surface area contributed by atoms with Gasteiger partial charge in [0.1, 0.15) is 6.04 Å². The number of aryl methyl sites for hydroxylation is 3. The van der Waals surface area contributed by atoms with Crippen LogP contribution in [0.1, 0.15) is 55.9 Å². The molecule has 0 saturated carbocycles. The minimum absolute atomic E-state index is 0.131. The second kappa shape index (κ2) is 14.0. The number of nitrogens with one attached hydrogen (secondary N) is 4. The molecular weight excluding hydrogens is 518 g/mol. The third-order valence-corrected chi connectivity index (χ3v) is 6.74. The molecule has 0 aliphatic rings. The van der Waals surface area contributed by atoms with Gasteiger partial charge in [0.25, 0.3) is 11.8 Å². The maximum Gasteiger partial charge on any atom is 0.330 e. The molecular formula is C27H33N7O4S. The summed E-state index contributed by atoms with van der Waals surface area (Å²) in [6.07, 6.45) is 2.74. The number of nitrogens with two attached hydrogens (primary N) is 1. The zero-order valence-electron chi connectivity index (χ0n) is 22.2. The Morgan fingerprint density at radius 3 is 2.51 bits per heavy atom. The van der Waals surface area contributed by atoms with Crippen LogP contribution in [0.5, 0.6) is 0 Å². The molecule has 2 aromatic heterocycles. The second-order valence-electron chi connectivity index (χ2n) is 8.65. The van der Waals surface area contributed by atoms with Crippen LogP contribution in [0.4, 0.5) is 11.6 Å². The molecule has 2 amide bonds. The van der Waals surface area contributed by atoms with E-state index in [2.05, 4.69) is 25.9 Å². The Labute approximate surface area is 231 Å². The average Bonchev–Trinajstić information content (AvgIpc) is 3.44. The molecule has 3 aromatic rings. The molecule has 0 saturated heterocycles. The maximum atomic E-state index is 13.1. The molecule has 2 heterocycles. The molecule has 0 bridgehead atoms. The zero-order chi connectivity index (χ0) is 28.4. The van der Waals surface area contributed by atoms with Gasteiger partial charge in [-0.2, -0.15) is 0 Å². The lowest BCUT2D eigenvalue weighted by Gasteiger charge is -2.19. The highest BCUT2D eigenvalue weighted by atomic mass is 32.1. The van der Waals surface area contributed by atoms with Crippen LogP contribution in [0, 0.1) is 19.3 Å². The van der Waals surface area contributed by atoms with Crippen molar-refractivity contribution >= 4 is 47.0 Å². The number of hydrogen-bond acceptors (Lipinski definition) is 10. The number of aromatic nitrogens is 2. The molecule has 39 heavy (non-hydrogen) atoms. The first-order valence-electron chi connectivity index (χ1n) is 12.5. The van der Waals surface area contributed by atoms with Gasteiger partial charge < -0.3 is 31.8 Å². The number of ether oxygens (including phenoxy) is 1. The first-order valence-corrected chi connectivity index (χ1v) is 13.4. The Kier molecular flexibility index (Phi) is 10.5. The second-order valence-corrected chi connectivity index (χ2v) is 9.60. The van der Waals surface area contributed by atoms with Gasteiger partial charge in [-0.15, -0.1) is 11.3 Å². The lowest BCUT2D eigenvalue weighted by molar-refractivity contribution is -0.145. The summed E-state index contributed by atoms with van der Waals surface area (Å²) in [5, 5.41) is 17.8. The standard InChI is InChI=1S/C27H33N7O4S/c1-4-38-26(37)21(15-31-24(35)22-11-7-13-39-22)34-25(36)23-16(2)32-27(33-17(23)3)30-12-6-9-18-8-5-10-20(29)19(18)14-28/h5,7-8,10-11,13-14,21,28H,4,6,9,12,15,29H2,1-3H3,(H,31,35)(H,34,36)(H,30,32,33)/t21-/m0/s1. The number of esters is 1. The van der Waals surface area contributed by atoms with Crippen LogP contribution in [-0.4, -0.2) is 59.7 Å². The third kappa shape index (κ3) is 7.84. The molecule has 0 fully saturated rings. The molecule has 0 spiro atoms. The van der Waals surface area contributed by atoms with E-state index < -0.39 is 17.9 Å². The van der Waals surface area contributed by atoms with Gasteiger partial charge in [0.05, 0.1) is 28.4 Å². The molecule has 11 nitrogen and oxygen atoms in total. The highest BCUT2D eigenvalue weighted by Gasteiger charge is 2.26. The van der Waals surface area contributed by atoms with E-state index in [0.717, 1.165) is 24.0 Å². The SMILES string of the molecule is CCOC(=O)[C@H](CNC(=O)c1cccs1)NC(=O)c1c(C)nc(NCCCc2cccc(N)c2C=N)nc1C. The van der Waals surface area contributed by atoms with Crippen LogP contribution in [0.2, 0.25) is 0 Å². The molecule has 3 rings (SSSR count). The Morgan fingerprint density at radius 2 is 1.87 bits per heavy atom. The topological polar surface area (TPSA) is 172 Å². The van der Waals surface area contributed by atoms with E-state index in [1.54, 1.807) is 44.4 Å². The highest BCUT2D eigenvalue weighted by Crippen LogP contribution is 2.17. The van der Waals surface area contributed by atoms with Crippen molar-refractivity contribution in [1.82, 2.24) is 20.6 Å². The van der Waals surface area contributed by atoms with E-state index in [9.17, 15) is 14.4 Å². The largest absolute Gasteiger partial charge is 0.464 e. The van der Waals surface area contributed by atoms with Crippen LogP contribution in [-0.2, 0) is 16.0 Å². The molecule has 6 N–H and O–H groups in total. The van der Waals surface area contributed by atoms with Crippen molar-refractivity contribution in [1.29, 1.82) is 5.41 Å². The lowest BCUT2D eigenvalue weighted by Crippen LogP contribution is -2.49. The van der Waals surface area contributed by atoms with Crippen LogP contribution in [0.25, 0.3) is 0 Å². The third-order valence-electron chi connectivity index (χ3n) is 5.87. The van der Waals surface area contributed by atoms with Crippen molar-refractivity contribution < 1.29 is 19.1 Å². The van der Waals surface area contributed by atoms with Gasteiger partial charge in [0.15, 0.2) is 0 Å². The predicted molar refractivity (Wildman–Crippen MR) is 152 cm³/mol. The summed E-state index contributed by atoms with van der Waals surface area (Å²) < 4.78 is 5.09. The maximum absolute atomic E-state index is 13.1. The van der Waals surface area contributed by atoms with Gasteiger partial charge in [-0.25, -0.2) is 14.8 Å². The molecule has 0 aliphatic carbocycles. The fourth-order valence-corrected chi connectivity index (χ4v) is 4.63. The summed E-state index contributed by atoms with van der Waals surface area (Å²) in [6, 6.07) is 7.93. The van der Waals surface area contributed by atoms with Crippen molar-refractivity contribution in [3.63, 3.8) is 0 Å². The van der Waals surface area contributed by atoms with E-state index in [1.165, 1.54) is 17.6 Å². The minimum Gasteiger partial charge on any atom is -0.464 e. The van der Waals surface area contributed by atoms with Gasteiger partial charge >= 0.3 is 5.97 Å². The number of rotatable bonds is 13. The quantitative estimate of drug-likeness (QED) is 0.0933. The van der Waals surface area contributed by atoms with Gasteiger partial charge in [0.2, 0.25) is 5.95 Å². The first kappa shape index (κ1) is 29.2. The number of nitrogen functional groups attached to an aromatic ring is 1. The van der Waals surface area contributed by atoms with Crippen molar-refractivity contribution in [2.75, 3.05) is 30.7 Å². The highest BCUT2D eigenvalue weighted by molar-refractivity contribution is 7.12. The van der Waals surface area contributed by atoms with E-state index in [4.69, 9.17) is 15.9 Å². The summed E-state index contributed by atoms with van der Waals surface area (Å²) in [4.78, 5) is 47.3. The number of thiophene rings is 1. The normalized spacial score (nSPS) is 11.4. The van der Waals surface area contributed by atoms with E-state index in [0.29, 0.717) is 34.4 Å². The van der Waals surface area contributed by atoms with Gasteiger partial charge in [-0.3, -0.25) is 9.59 Å². The molecule has 0 radical (unpaired) electrons. The number of anilines is 2. The zero-order valence-corrected chi connectivity index (χ0v) is 23.0. The summed E-state index contributed by atoms with van der Waals surface area (Å²) in [5.74, 6) is -1.16. The van der Waals surface area contributed by atoms with Crippen LogP contribution in [0.3, 0.4) is 0 Å². The summed E-state index contributed by atoms with van der Waals surface area (Å²) >= 11 is 1.27. The predicted octanol–water partition coefficient (Wildman–Crippen LogP) is 2.87. The Bertz CT molecular complexity index is 1300.